The predicted molar refractivity (Wildman–Crippen MR) is 90.0 cm³/mol. The van der Waals surface area contributed by atoms with Crippen molar-refractivity contribution in [3.63, 3.8) is 0 Å². The van der Waals surface area contributed by atoms with Gasteiger partial charge in [0.05, 0.1) is 11.4 Å². The molecular formula is C17H27N3O2. The lowest BCUT2D eigenvalue weighted by Crippen LogP contribution is -2.38. The summed E-state index contributed by atoms with van der Waals surface area (Å²) in [5, 5.41) is 6.41. The van der Waals surface area contributed by atoms with Crippen molar-refractivity contribution in [3.8, 4) is 0 Å². The summed E-state index contributed by atoms with van der Waals surface area (Å²) in [5.74, 6) is 0. The maximum absolute atomic E-state index is 11.8. The minimum atomic E-state index is -0.462. The van der Waals surface area contributed by atoms with Gasteiger partial charge in [0.2, 0.25) is 0 Å². The highest BCUT2D eigenvalue weighted by atomic mass is 16.6. The molecule has 1 fully saturated rings. The van der Waals surface area contributed by atoms with Crippen molar-refractivity contribution in [2.45, 2.75) is 64.6 Å². The molecule has 0 radical (unpaired) electrons. The number of aryl methyl sites for hydroxylation is 1. The van der Waals surface area contributed by atoms with Crippen molar-refractivity contribution < 1.29 is 9.53 Å². The number of nitrogen functional groups attached to an aromatic ring is 1. The van der Waals surface area contributed by atoms with Crippen molar-refractivity contribution in [2.24, 2.45) is 0 Å². The molecule has 1 aliphatic carbocycles. The smallest absolute Gasteiger partial charge is 0.407 e. The number of hydrogen-bond donors (Lipinski definition) is 3. The SMILES string of the molecule is Cc1ccc(N[C@@H]2CC[C@@H](NC(=O)OC(C)(C)C)C2)c(N)c1. The third-order valence-electron chi connectivity index (χ3n) is 3.72. The van der Waals surface area contributed by atoms with E-state index >= 15 is 0 Å². The summed E-state index contributed by atoms with van der Waals surface area (Å²) in [7, 11) is 0. The van der Waals surface area contributed by atoms with Gasteiger partial charge in [0.15, 0.2) is 0 Å². The summed E-state index contributed by atoms with van der Waals surface area (Å²) in [5.41, 5.74) is 8.46. The fourth-order valence-electron chi connectivity index (χ4n) is 2.75. The van der Waals surface area contributed by atoms with Crippen LogP contribution in [-0.4, -0.2) is 23.8 Å². The Hall–Kier alpha value is -1.91. The number of nitrogens with two attached hydrogens (primary N) is 1. The van der Waals surface area contributed by atoms with Gasteiger partial charge in [-0.05, 0) is 64.7 Å². The average Bonchev–Trinajstić information content (AvgIpc) is 2.77. The molecule has 0 unspecified atom stereocenters. The molecule has 2 rings (SSSR count). The van der Waals surface area contributed by atoms with Gasteiger partial charge in [-0.2, -0.15) is 0 Å². The molecule has 22 heavy (non-hydrogen) atoms. The molecule has 1 aromatic rings. The highest BCUT2D eigenvalue weighted by Gasteiger charge is 2.27. The van der Waals surface area contributed by atoms with Gasteiger partial charge in [-0.15, -0.1) is 0 Å². The second-order valence-corrected chi connectivity index (χ2v) is 7.09. The molecule has 5 nitrogen and oxygen atoms in total. The van der Waals surface area contributed by atoms with Crippen LogP contribution in [0.2, 0.25) is 0 Å². The Balaban J connectivity index is 1.84. The van der Waals surface area contributed by atoms with Crippen LogP contribution in [0, 0.1) is 6.92 Å². The third-order valence-corrected chi connectivity index (χ3v) is 3.72. The van der Waals surface area contributed by atoms with Crippen LogP contribution < -0.4 is 16.4 Å². The van der Waals surface area contributed by atoms with E-state index in [4.69, 9.17) is 10.5 Å². The maximum atomic E-state index is 11.8. The van der Waals surface area contributed by atoms with E-state index in [0.29, 0.717) is 6.04 Å². The standard InChI is InChI=1S/C17H27N3O2/c1-11-5-8-15(14(18)9-11)19-12-6-7-13(10-12)20-16(21)22-17(2,3)4/h5,8-9,12-13,19H,6-7,10,18H2,1-4H3,(H,20,21)/t12-,13-/m1/s1. The monoisotopic (exact) mass is 305 g/mol. The number of amides is 1. The maximum Gasteiger partial charge on any atom is 0.407 e. The Kier molecular flexibility index (Phi) is 4.84. The molecule has 1 saturated carbocycles. The van der Waals surface area contributed by atoms with E-state index in [2.05, 4.69) is 10.6 Å². The van der Waals surface area contributed by atoms with E-state index in [9.17, 15) is 4.79 Å². The van der Waals surface area contributed by atoms with E-state index in [1.165, 1.54) is 0 Å². The summed E-state index contributed by atoms with van der Waals surface area (Å²) in [6, 6.07) is 6.50. The Morgan fingerprint density at radius 1 is 1.27 bits per heavy atom. The molecule has 122 valence electrons. The number of nitrogens with one attached hydrogen (secondary N) is 2. The van der Waals surface area contributed by atoms with Gasteiger partial charge in [-0.25, -0.2) is 4.79 Å². The van der Waals surface area contributed by atoms with Gasteiger partial charge in [0.25, 0.3) is 0 Å². The Labute approximate surface area is 132 Å². The minimum absolute atomic E-state index is 0.152. The van der Waals surface area contributed by atoms with Gasteiger partial charge >= 0.3 is 6.09 Å². The molecular weight excluding hydrogens is 278 g/mol. The predicted octanol–water partition coefficient (Wildman–Crippen LogP) is 3.43. The van der Waals surface area contributed by atoms with Crippen LogP contribution in [0.1, 0.15) is 45.6 Å². The number of hydrogen-bond acceptors (Lipinski definition) is 4. The summed E-state index contributed by atoms with van der Waals surface area (Å²) in [4.78, 5) is 11.8. The minimum Gasteiger partial charge on any atom is -0.444 e. The zero-order chi connectivity index (χ0) is 16.3. The summed E-state index contributed by atoms with van der Waals surface area (Å²) < 4.78 is 5.29. The van der Waals surface area contributed by atoms with Gasteiger partial charge in [0.1, 0.15) is 5.60 Å². The van der Waals surface area contributed by atoms with Crippen LogP contribution in [0.25, 0.3) is 0 Å². The second-order valence-electron chi connectivity index (χ2n) is 7.09. The first kappa shape index (κ1) is 16.5. The summed E-state index contributed by atoms with van der Waals surface area (Å²) in [6.45, 7) is 7.62. The van der Waals surface area contributed by atoms with Crippen molar-refractivity contribution in [1.82, 2.24) is 5.32 Å². The molecule has 0 heterocycles. The summed E-state index contributed by atoms with van der Waals surface area (Å²) in [6.07, 6.45) is 2.50. The van der Waals surface area contributed by atoms with E-state index in [1.54, 1.807) is 0 Å². The molecule has 5 heteroatoms. The van der Waals surface area contributed by atoms with E-state index in [0.717, 1.165) is 36.2 Å². The number of rotatable bonds is 3. The first-order valence-electron chi connectivity index (χ1n) is 7.85. The van der Waals surface area contributed by atoms with Gasteiger partial charge in [0, 0.05) is 12.1 Å². The van der Waals surface area contributed by atoms with E-state index < -0.39 is 5.60 Å². The first-order valence-corrected chi connectivity index (χ1v) is 7.85. The van der Waals surface area contributed by atoms with Crippen molar-refractivity contribution in [3.05, 3.63) is 23.8 Å². The zero-order valence-corrected chi connectivity index (χ0v) is 13.9. The lowest BCUT2D eigenvalue weighted by atomic mass is 10.1. The van der Waals surface area contributed by atoms with Crippen LogP contribution in [0.5, 0.6) is 0 Å². The fourth-order valence-corrected chi connectivity index (χ4v) is 2.75. The molecule has 0 spiro atoms. The molecule has 0 bridgehead atoms. The van der Waals surface area contributed by atoms with Crippen LogP contribution in [-0.2, 0) is 4.74 Å². The molecule has 2 atom stereocenters. The molecule has 0 saturated heterocycles. The lowest BCUT2D eigenvalue weighted by Gasteiger charge is -2.22. The quantitative estimate of drug-likeness (QED) is 0.748. The van der Waals surface area contributed by atoms with Gasteiger partial charge in [-0.1, -0.05) is 6.07 Å². The Bertz CT molecular complexity index is 537. The van der Waals surface area contributed by atoms with Crippen molar-refractivity contribution in [2.75, 3.05) is 11.1 Å². The van der Waals surface area contributed by atoms with Crippen LogP contribution in [0.4, 0.5) is 16.2 Å². The topological polar surface area (TPSA) is 76.4 Å². The largest absolute Gasteiger partial charge is 0.444 e. The fraction of sp³-hybridized carbons (Fsp3) is 0.588. The molecule has 0 aromatic heterocycles. The molecule has 1 amide bonds. The van der Waals surface area contributed by atoms with E-state index in [-0.39, 0.29) is 12.1 Å². The Morgan fingerprint density at radius 2 is 1.95 bits per heavy atom. The van der Waals surface area contributed by atoms with E-state index in [1.807, 2.05) is 45.9 Å². The van der Waals surface area contributed by atoms with Crippen molar-refractivity contribution in [1.29, 1.82) is 0 Å². The lowest BCUT2D eigenvalue weighted by molar-refractivity contribution is 0.0505. The van der Waals surface area contributed by atoms with Gasteiger partial charge in [-0.3, -0.25) is 0 Å². The summed E-state index contributed by atoms with van der Waals surface area (Å²) >= 11 is 0. The molecule has 4 N–H and O–H groups in total. The number of carbonyl (C=O) groups excluding carboxylic acids is 1. The second kappa shape index (κ2) is 6.46. The molecule has 1 aliphatic rings. The van der Waals surface area contributed by atoms with Crippen molar-refractivity contribution >= 4 is 17.5 Å². The average molecular weight is 305 g/mol. The Morgan fingerprint density at radius 3 is 2.59 bits per heavy atom. The number of anilines is 2. The third kappa shape index (κ3) is 4.83. The molecule has 0 aliphatic heterocycles. The van der Waals surface area contributed by atoms with Crippen LogP contribution in [0.15, 0.2) is 18.2 Å². The number of benzene rings is 1. The first-order chi connectivity index (χ1) is 10.2. The normalized spacial score (nSPS) is 21.5. The highest BCUT2D eigenvalue weighted by molar-refractivity contribution is 5.69. The number of alkyl carbamates (subject to hydrolysis) is 1. The van der Waals surface area contributed by atoms with Crippen LogP contribution in [0.3, 0.4) is 0 Å². The van der Waals surface area contributed by atoms with Gasteiger partial charge < -0.3 is 21.1 Å². The number of ether oxygens (including phenoxy) is 1. The molecule has 1 aromatic carbocycles. The van der Waals surface area contributed by atoms with Crippen LogP contribution >= 0.6 is 0 Å². The highest BCUT2D eigenvalue weighted by Crippen LogP contribution is 2.27. The zero-order valence-electron chi connectivity index (χ0n) is 13.9. The number of carbonyl (C=O) groups is 1.